The van der Waals surface area contributed by atoms with Gasteiger partial charge in [0, 0.05) is 25.0 Å². The van der Waals surface area contributed by atoms with Crippen LogP contribution in [0.15, 0.2) is 42.6 Å². The fraction of sp³-hybridized carbons (Fsp3) is 0.263. The van der Waals surface area contributed by atoms with Gasteiger partial charge in [0.05, 0.1) is 24.8 Å². The summed E-state index contributed by atoms with van der Waals surface area (Å²) in [5.74, 6) is 0.841. The van der Waals surface area contributed by atoms with Gasteiger partial charge in [-0.2, -0.15) is 5.10 Å². The second-order valence-electron chi connectivity index (χ2n) is 6.15. The first-order valence-corrected chi connectivity index (χ1v) is 8.31. The summed E-state index contributed by atoms with van der Waals surface area (Å²) in [6.45, 7) is 1.60. The summed E-state index contributed by atoms with van der Waals surface area (Å²) in [4.78, 5) is 13.8. The van der Waals surface area contributed by atoms with Gasteiger partial charge in [-0.1, -0.05) is 18.2 Å². The van der Waals surface area contributed by atoms with Gasteiger partial charge in [-0.05, 0) is 29.3 Å². The molecule has 0 atom stereocenters. The molecule has 6 heteroatoms. The Kier molecular flexibility index (Phi) is 3.80. The highest BCUT2D eigenvalue weighted by Crippen LogP contribution is 2.33. The predicted molar refractivity (Wildman–Crippen MR) is 96.5 cm³/mol. The highest BCUT2D eigenvalue weighted by atomic mass is 16.5. The van der Waals surface area contributed by atoms with E-state index in [2.05, 4.69) is 34.7 Å². The molecule has 6 nitrogen and oxygen atoms in total. The topological polar surface area (TPSA) is 59.4 Å². The molecule has 1 N–H and O–H groups in total. The number of benzene rings is 2. The molecule has 1 aliphatic rings. The second kappa shape index (κ2) is 6.12. The van der Waals surface area contributed by atoms with Crippen molar-refractivity contribution in [1.82, 2.24) is 20.0 Å². The van der Waals surface area contributed by atoms with Gasteiger partial charge in [0.25, 0.3) is 0 Å². The largest absolute Gasteiger partial charge is 0.491 e. The highest BCUT2D eigenvalue weighted by molar-refractivity contribution is 5.94. The van der Waals surface area contributed by atoms with Crippen LogP contribution in [0.2, 0.25) is 0 Å². The van der Waals surface area contributed by atoms with Gasteiger partial charge in [-0.15, -0.1) is 0 Å². The van der Waals surface area contributed by atoms with Crippen LogP contribution in [0.3, 0.4) is 0 Å². The molecule has 0 saturated carbocycles. The molecule has 2 aromatic carbocycles. The number of nitrogens with zero attached hydrogens (tertiary/aromatic N) is 3. The van der Waals surface area contributed by atoms with Crippen LogP contribution >= 0.6 is 0 Å². The van der Waals surface area contributed by atoms with Crippen molar-refractivity contribution in [3.05, 3.63) is 48.2 Å². The number of aryl methyl sites for hydroxylation is 1. The first kappa shape index (κ1) is 15.5. The third-order valence-corrected chi connectivity index (χ3v) is 4.64. The fourth-order valence-corrected chi connectivity index (χ4v) is 3.32. The predicted octanol–water partition coefficient (Wildman–Crippen LogP) is 2.77. The highest BCUT2D eigenvalue weighted by Gasteiger charge is 2.20. The number of aromatic nitrogens is 2. The van der Waals surface area contributed by atoms with Crippen LogP contribution in [0, 0.1) is 0 Å². The molecule has 3 aromatic rings. The van der Waals surface area contributed by atoms with E-state index in [0.29, 0.717) is 19.7 Å². The standard InChI is InChI=1S/C19H20N4O2/c1-20-19(24)23-8-9-25-18-7-6-13(10-14(18)12-23)15-4-3-5-17-16(15)11-21-22(17)2/h3-7,10-11H,8-9,12H2,1-2H3,(H,20,24). The van der Waals surface area contributed by atoms with Crippen LogP contribution in [0.25, 0.3) is 22.0 Å². The molecule has 2 amide bonds. The molecule has 0 radical (unpaired) electrons. The minimum absolute atomic E-state index is 0.0868. The Morgan fingerprint density at radius 3 is 3.00 bits per heavy atom. The van der Waals surface area contributed by atoms with E-state index < -0.39 is 0 Å². The van der Waals surface area contributed by atoms with Gasteiger partial charge in [0.2, 0.25) is 0 Å². The third kappa shape index (κ3) is 2.69. The lowest BCUT2D eigenvalue weighted by Gasteiger charge is -2.19. The van der Waals surface area contributed by atoms with Gasteiger partial charge < -0.3 is 15.0 Å². The van der Waals surface area contributed by atoms with Crippen molar-refractivity contribution in [3.63, 3.8) is 0 Å². The second-order valence-corrected chi connectivity index (χ2v) is 6.15. The van der Waals surface area contributed by atoms with Crippen molar-refractivity contribution in [2.24, 2.45) is 7.05 Å². The number of hydrogen-bond donors (Lipinski definition) is 1. The minimum Gasteiger partial charge on any atom is -0.491 e. The Morgan fingerprint density at radius 1 is 1.28 bits per heavy atom. The maximum absolute atomic E-state index is 12.0. The van der Waals surface area contributed by atoms with Gasteiger partial charge >= 0.3 is 6.03 Å². The molecule has 4 rings (SSSR count). The first-order valence-electron chi connectivity index (χ1n) is 8.31. The van der Waals surface area contributed by atoms with Crippen LogP contribution in [-0.2, 0) is 13.6 Å². The van der Waals surface area contributed by atoms with E-state index in [9.17, 15) is 4.79 Å². The molecule has 0 spiro atoms. The number of nitrogens with one attached hydrogen (secondary N) is 1. The lowest BCUT2D eigenvalue weighted by atomic mass is 9.99. The zero-order valence-corrected chi connectivity index (χ0v) is 14.3. The average molecular weight is 336 g/mol. The smallest absolute Gasteiger partial charge is 0.317 e. The maximum atomic E-state index is 12.0. The van der Waals surface area contributed by atoms with Crippen molar-refractivity contribution < 1.29 is 9.53 Å². The summed E-state index contributed by atoms with van der Waals surface area (Å²) in [6, 6.07) is 12.3. The van der Waals surface area contributed by atoms with Crippen LogP contribution in [-0.4, -0.2) is 40.9 Å². The molecule has 128 valence electrons. The van der Waals surface area contributed by atoms with Crippen molar-refractivity contribution in [3.8, 4) is 16.9 Å². The normalized spacial score (nSPS) is 13.9. The Balaban J connectivity index is 1.78. The van der Waals surface area contributed by atoms with E-state index in [1.807, 2.05) is 30.1 Å². The summed E-state index contributed by atoms with van der Waals surface area (Å²) < 4.78 is 7.69. The average Bonchev–Trinajstić information content (AvgIpc) is 2.89. The van der Waals surface area contributed by atoms with E-state index in [1.54, 1.807) is 11.9 Å². The molecule has 0 bridgehead atoms. The summed E-state index contributed by atoms with van der Waals surface area (Å²) in [5, 5.41) is 8.16. The molecule has 1 aliphatic heterocycles. The zero-order valence-electron chi connectivity index (χ0n) is 14.3. The van der Waals surface area contributed by atoms with Gasteiger partial charge in [-0.25, -0.2) is 4.79 Å². The molecular weight excluding hydrogens is 316 g/mol. The molecule has 1 aromatic heterocycles. The third-order valence-electron chi connectivity index (χ3n) is 4.64. The number of urea groups is 1. The molecule has 2 heterocycles. The number of rotatable bonds is 1. The Hall–Kier alpha value is -3.02. The fourth-order valence-electron chi connectivity index (χ4n) is 3.32. The lowest BCUT2D eigenvalue weighted by Crippen LogP contribution is -2.38. The van der Waals surface area contributed by atoms with E-state index in [0.717, 1.165) is 33.3 Å². The van der Waals surface area contributed by atoms with Crippen molar-refractivity contribution in [2.75, 3.05) is 20.2 Å². The SMILES string of the molecule is CNC(=O)N1CCOc2ccc(-c3cccc4c3cnn4C)cc2C1. The Morgan fingerprint density at radius 2 is 2.16 bits per heavy atom. The molecule has 0 saturated heterocycles. The number of carbonyl (C=O) groups is 1. The van der Waals surface area contributed by atoms with Crippen molar-refractivity contribution in [2.45, 2.75) is 6.54 Å². The van der Waals surface area contributed by atoms with E-state index >= 15 is 0 Å². The summed E-state index contributed by atoms with van der Waals surface area (Å²) in [7, 11) is 3.59. The van der Waals surface area contributed by atoms with E-state index in [-0.39, 0.29) is 6.03 Å². The molecule has 0 unspecified atom stereocenters. The number of hydrogen-bond acceptors (Lipinski definition) is 3. The van der Waals surface area contributed by atoms with Crippen LogP contribution in [0.1, 0.15) is 5.56 Å². The molecule has 0 fully saturated rings. The van der Waals surface area contributed by atoms with Crippen molar-refractivity contribution >= 4 is 16.9 Å². The lowest BCUT2D eigenvalue weighted by molar-refractivity contribution is 0.190. The number of carbonyl (C=O) groups excluding carboxylic acids is 1. The number of fused-ring (bicyclic) bond motifs is 2. The quantitative estimate of drug-likeness (QED) is 0.743. The van der Waals surface area contributed by atoms with Crippen LogP contribution < -0.4 is 10.1 Å². The van der Waals surface area contributed by atoms with E-state index in [4.69, 9.17) is 4.74 Å². The Labute approximate surface area is 146 Å². The summed E-state index contributed by atoms with van der Waals surface area (Å²) in [5.41, 5.74) is 4.33. The molecule has 0 aliphatic carbocycles. The molecule has 25 heavy (non-hydrogen) atoms. The first-order chi connectivity index (χ1) is 12.2. The maximum Gasteiger partial charge on any atom is 0.317 e. The summed E-state index contributed by atoms with van der Waals surface area (Å²) in [6.07, 6.45) is 1.89. The summed E-state index contributed by atoms with van der Waals surface area (Å²) >= 11 is 0. The van der Waals surface area contributed by atoms with E-state index in [1.165, 1.54) is 0 Å². The van der Waals surface area contributed by atoms with Gasteiger partial charge in [0.1, 0.15) is 12.4 Å². The van der Waals surface area contributed by atoms with Crippen LogP contribution in [0.5, 0.6) is 5.75 Å². The van der Waals surface area contributed by atoms with Crippen molar-refractivity contribution in [1.29, 1.82) is 0 Å². The Bertz CT molecular complexity index is 948. The van der Waals surface area contributed by atoms with Gasteiger partial charge in [-0.3, -0.25) is 4.68 Å². The van der Waals surface area contributed by atoms with Crippen LogP contribution in [0.4, 0.5) is 4.79 Å². The number of amides is 2. The zero-order chi connectivity index (χ0) is 17.4. The minimum atomic E-state index is -0.0868. The molecular formula is C19H20N4O2. The van der Waals surface area contributed by atoms with Gasteiger partial charge in [0.15, 0.2) is 0 Å². The monoisotopic (exact) mass is 336 g/mol. The number of ether oxygens (including phenoxy) is 1.